The second-order valence-electron chi connectivity index (χ2n) is 9.19. The van der Waals surface area contributed by atoms with E-state index >= 15 is 0 Å². The van der Waals surface area contributed by atoms with Crippen LogP contribution < -0.4 is 0 Å². The quantitative estimate of drug-likeness (QED) is 0.553. The number of rotatable bonds is 8. The fourth-order valence-electron chi connectivity index (χ4n) is 4.66. The van der Waals surface area contributed by atoms with Gasteiger partial charge in [0.1, 0.15) is 12.4 Å². The summed E-state index contributed by atoms with van der Waals surface area (Å²) in [5.74, 6) is 2.64. The Morgan fingerprint density at radius 1 is 1.12 bits per heavy atom. The first-order valence-corrected chi connectivity index (χ1v) is 12.9. The largest absolute Gasteiger partial charge is 0.378 e. The van der Waals surface area contributed by atoms with E-state index in [1.807, 2.05) is 44.7 Å². The molecule has 1 saturated carbocycles. The van der Waals surface area contributed by atoms with Gasteiger partial charge >= 0.3 is 0 Å². The molecule has 0 bridgehead atoms. The highest BCUT2D eigenvalue weighted by Gasteiger charge is 2.35. The molecular weight excluding hydrogens is 438 g/mol. The summed E-state index contributed by atoms with van der Waals surface area (Å²) in [7, 11) is 0. The van der Waals surface area contributed by atoms with Crippen LogP contribution in [0.3, 0.4) is 0 Å². The fraction of sp³-hybridized carbons (Fsp3) is 0.583. The number of benzene rings is 1. The van der Waals surface area contributed by atoms with E-state index in [0.29, 0.717) is 45.8 Å². The van der Waals surface area contributed by atoms with Crippen molar-refractivity contribution in [3.63, 3.8) is 0 Å². The summed E-state index contributed by atoms with van der Waals surface area (Å²) in [4.78, 5) is 29.6. The summed E-state index contributed by atoms with van der Waals surface area (Å²) in [5.41, 5.74) is 1.12. The van der Waals surface area contributed by atoms with Crippen LogP contribution in [0.5, 0.6) is 0 Å². The van der Waals surface area contributed by atoms with Crippen LogP contribution in [0, 0.1) is 5.92 Å². The molecule has 2 amide bonds. The molecule has 5 rings (SSSR count). The van der Waals surface area contributed by atoms with Crippen LogP contribution in [0.2, 0.25) is 0 Å². The van der Waals surface area contributed by atoms with Crippen molar-refractivity contribution < 1.29 is 14.3 Å². The van der Waals surface area contributed by atoms with Crippen LogP contribution in [-0.2, 0) is 27.4 Å². The maximum Gasteiger partial charge on any atom is 0.242 e. The Morgan fingerprint density at radius 2 is 1.91 bits per heavy atom. The van der Waals surface area contributed by atoms with Gasteiger partial charge in [0.25, 0.3) is 0 Å². The Kier molecular flexibility index (Phi) is 6.96. The average Bonchev–Trinajstić information content (AvgIpc) is 3.37. The molecule has 1 unspecified atom stereocenters. The minimum atomic E-state index is -0.0516. The first-order valence-electron chi connectivity index (χ1n) is 11.9. The molecule has 176 valence electrons. The number of likely N-dealkylation sites (tertiary alicyclic amines) is 1. The Hall–Kier alpha value is -2.39. The molecular formula is C24H31N5O3S. The summed E-state index contributed by atoms with van der Waals surface area (Å²) in [6.45, 7) is 3.82. The molecule has 0 radical (unpaired) electrons. The third-order valence-corrected chi connectivity index (χ3v) is 8.07. The molecule has 8 nitrogen and oxygen atoms in total. The first-order chi connectivity index (χ1) is 16.2. The van der Waals surface area contributed by atoms with Crippen LogP contribution in [-0.4, -0.2) is 75.0 Å². The number of thioether (sulfide) groups is 1. The van der Waals surface area contributed by atoms with Gasteiger partial charge in [0, 0.05) is 44.3 Å². The predicted octanol–water partition coefficient (Wildman–Crippen LogP) is 2.55. The van der Waals surface area contributed by atoms with Crippen LogP contribution in [0.4, 0.5) is 0 Å². The zero-order valence-corrected chi connectivity index (χ0v) is 19.7. The van der Waals surface area contributed by atoms with Gasteiger partial charge < -0.3 is 14.5 Å². The molecule has 3 heterocycles. The van der Waals surface area contributed by atoms with Gasteiger partial charge in [0.15, 0.2) is 5.16 Å². The van der Waals surface area contributed by atoms with Gasteiger partial charge in [0.2, 0.25) is 11.8 Å². The lowest BCUT2D eigenvalue weighted by molar-refractivity contribution is -0.136. The van der Waals surface area contributed by atoms with Crippen molar-refractivity contribution in [2.24, 2.45) is 5.92 Å². The van der Waals surface area contributed by atoms with Gasteiger partial charge in [0.05, 0.1) is 13.2 Å². The lowest BCUT2D eigenvalue weighted by Gasteiger charge is -2.28. The van der Waals surface area contributed by atoms with E-state index in [9.17, 15) is 9.59 Å². The lowest BCUT2D eigenvalue weighted by atomic mass is 9.87. The molecule has 33 heavy (non-hydrogen) atoms. The monoisotopic (exact) mass is 469 g/mol. The minimum Gasteiger partial charge on any atom is -0.378 e. The van der Waals surface area contributed by atoms with E-state index in [0.717, 1.165) is 28.2 Å². The molecule has 2 aromatic rings. The Morgan fingerprint density at radius 3 is 2.64 bits per heavy atom. The minimum absolute atomic E-state index is 0.0516. The molecule has 2 saturated heterocycles. The Labute approximate surface area is 198 Å². The summed E-state index contributed by atoms with van der Waals surface area (Å²) < 4.78 is 7.37. The molecule has 0 spiro atoms. The van der Waals surface area contributed by atoms with E-state index in [4.69, 9.17) is 4.74 Å². The highest BCUT2D eigenvalue weighted by atomic mass is 32.2. The topological polar surface area (TPSA) is 80.6 Å². The average molecular weight is 470 g/mol. The molecule has 9 heteroatoms. The van der Waals surface area contributed by atoms with Gasteiger partial charge in [-0.25, -0.2) is 0 Å². The van der Waals surface area contributed by atoms with Crippen LogP contribution >= 0.6 is 11.8 Å². The SMILES string of the molecule is O=C(Cn1c(SCC2CCC2)nnc1C1CC(=O)N(Cc2ccccc2)C1)N1CCOCC1. The molecule has 1 aliphatic carbocycles. The molecule has 1 atom stereocenters. The number of carbonyl (C=O) groups excluding carboxylic acids is 2. The van der Waals surface area contributed by atoms with E-state index in [1.165, 1.54) is 19.3 Å². The highest BCUT2D eigenvalue weighted by molar-refractivity contribution is 7.99. The summed E-state index contributed by atoms with van der Waals surface area (Å²) >= 11 is 1.70. The summed E-state index contributed by atoms with van der Waals surface area (Å²) in [6, 6.07) is 10.0. The third kappa shape index (κ3) is 5.24. The number of aromatic nitrogens is 3. The van der Waals surface area contributed by atoms with Crippen molar-refractivity contribution in [2.75, 3.05) is 38.6 Å². The van der Waals surface area contributed by atoms with E-state index < -0.39 is 0 Å². The van der Waals surface area contributed by atoms with Crippen LogP contribution in [0.15, 0.2) is 35.5 Å². The standard InChI is InChI=1S/C24H31N5O3S/c30-21-13-20(15-28(21)14-18-5-2-1-3-6-18)23-25-26-24(33-17-19-7-4-8-19)29(23)16-22(31)27-9-11-32-12-10-27/h1-3,5-6,19-20H,4,7-17H2. The second kappa shape index (κ2) is 10.3. The molecule has 1 aromatic carbocycles. The number of ether oxygens (including phenoxy) is 1. The molecule has 0 N–H and O–H groups in total. The summed E-state index contributed by atoms with van der Waals surface area (Å²) in [5, 5.41) is 9.78. The van der Waals surface area contributed by atoms with Crippen LogP contribution in [0.1, 0.15) is 43.0 Å². The number of hydrogen-bond donors (Lipinski definition) is 0. The maximum atomic E-state index is 13.1. The van der Waals surface area contributed by atoms with Crippen LogP contribution in [0.25, 0.3) is 0 Å². The molecule has 1 aromatic heterocycles. The zero-order valence-electron chi connectivity index (χ0n) is 18.9. The third-order valence-electron chi connectivity index (χ3n) is 6.87. The smallest absolute Gasteiger partial charge is 0.242 e. The second-order valence-corrected chi connectivity index (χ2v) is 10.2. The molecule has 2 aliphatic heterocycles. The van der Waals surface area contributed by atoms with Crippen molar-refractivity contribution in [1.82, 2.24) is 24.6 Å². The zero-order chi connectivity index (χ0) is 22.6. The van der Waals surface area contributed by atoms with E-state index in [1.54, 1.807) is 11.8 Å². The number of nitrogens with zero attached hydrogens (tertiary/aromatic N) is 5. The normalized spacial score (nSPS) is 21.5. The predicted molar refractivity (Wildman–Crippen MR) is 125 cm³/mol. The number of morpholine rings is 1. The first kappa shape index (κ1) is 22.4. The fourth-order valence-corrected chi connectivity index (χ4v) is 5.79. The van der Waals surface area contributed by atoms with E-state index in [2.05, 4.69) is 10.2 Å². The maximum absolute atomic E-state index is 13.1. The van der Waals surface area contributed by atoms with Gasteiger partial charge in [-0.3, -0.25) is 14.2 Å². The number of hydrogen-bond acceptors (Lipinski definition) is 6. The summed E-state index contributed by atoms with van der Waals surface area (Å²) in [6.07, 6.45) is 4.25. The van der Waals surface area contributed by atoms with E-state index in [-0.39, 0.29) is 24.3 Å². The van der Waals surface area contributed by atoms with Crippen molar-refractivity contribution in [3.05, 3.63) is 41.7 Å². The van der Waals surface area contributed by atoms with Crippen molar-refractivity contribution in [2.45, 2.75) is 49.8 Å². The Bertz CT molecular complexity index is 972. The van der Waals surface area contributed by atoms with Crippen molar-refractivity contribution in [1.29, 1.82) is 0 Å². The lowest BCUT2D eigenvalue weighted by Crippen LogP contribution is -2.42. The van der Waals surface area contributed by atoms with Gasteiger partial charge in [-0.2, -0.15) is 0 Å². The molecule has 3 aliphatic rings. The highest BCUT2D eigenvalue weighted by Crippen LogP contribution is 2.34. The van der Waals surface area contributed by atoms with Crippen molar-refractivity contribution in [3.8, 4) is 0 Å². The number of amides is 2. The van der Waals surface area contributed by atoms with Gasteiger partial charge in [-0.1, -0.05) is 48.5 Å². The number of carbonyl (C=O) groups is 2. The molecule has 3 fully saturated rings. The Balaban J connectivity index is 1.32. The van der Waals surface area contributed by atoms with Gasteiger partial charge in [-0.15, -0.1) is 10.2 Å². The van der Waals surface area contributed by atoms with Crippen molar-refractivity contribution >= 4 is 23.6 Å². The van der Waals surface area contributed by atoms with Gasteiger partial charge in [-0.05, 0) is 24.3 Å².